The zero-order valence-corrected chi connectivity index (χ0v) is 12.4. The lowest BCUT2D eigenvalue weighted by Crippen LogP contribution is -2.34. The average Bonchev–Trinajstić information content (AvgIpc) is 2.92. The number of nitrogens with zero attached hydrogens (tertiary/aromatic N) is 3. The highest BCUT2D eigenvalue weighted by atomic mass is 35.5. The van der Waals surface area contributed by atoms with Gasteiger partial charge in [-0.05, 0) is 30.5 Å². The number of carbonyl (C=O) groups is 1. The van der Waals surface area contributed by atoms with Crippen LogP contribution in [0.4, 0.5) is 0 Å². The van der Waals surface area contributed by atoms with Gasteiger partial charge in [-0.1, -0.05) is 30.2 Å². The smallest absolute Gasteiger partial charge is 0.291 e. The summed E-state index contributed by atoms with van der Waals surface area (Å²) in [4.78, 5) is 18.2. The largest absolute Gasteiger partial charge is 0.335 e. The number of aromatic amines is 1. The van der Waals surface area contributed by atoms with Gasteiger partial charge in [-0.2, -0.15) is 5.10 Å². The summed E-state index contributed by atoms with van der Waals surface area (Å²) in [5, 5.41) is 7.13. The van der Waals surface area contributed by atoms with Crippen molar-refractivity contribution in [2.24, 2.45) is 0 Å². The fraction of sp³-hybridized carbons (Fsp3) is 0.400. The van der Waals surface area contributed by atoms with E-state index in [1.54, 1.807) is 0 Å². The summed E-state index contributed by atoms with van der Waals surface area (Å²) in [6, 6.07) is 7.92. The lowest BCUT2D eigenvalue weighted by atomic mass is 9.94. The summed E-state index contributed by atoms with van der Waals surface area (Å²) in [6.07, 6.45) is 4.58. The number of nitrogens with one attached hydrogen (secondary N) is 1. The fourth-order valence-corrected chi connectivity index (χ4v) is 2.92. The maximum absolute atomic E-state index is 12.4. The molecule has 3 rings (SSSR count). The quantitative estimate of drug-likeness (QED) is 0.928. The molecule has 2 heterocycles. The van der Waals surface area contributed by atoms with Crippen LogP contribution in [-0.2, 0) is 0 Å². The number of H-pyrrole nitrogens is 1. The molecule has 5 nitrogen and oxygen atoms in total. The summed E-state index contributed by atoms with van der Waals surface area (Å²) in [6.45, 7) is 1.48. The van der Waals surface area contributed by atoms with Crippen LogP contribution in [0.3, 0.4) is 0 Å². The molecule has 0 bridgehead atoms. The zero-order chi connectivity index (χ0) is 14.7. The van der Waals surface area contributed by atoms with E-state index in [-0.39, 0.29) is 5.91 Å². The number of hydrogen-bond donors (Lipinski definition) is 1. The van der Waals surface area contributed by atoms with Gasteiger partial charge in [0.2, 0.25) is 5.82 Å². The molecular formula is C15H17ClN4O. The van der Waals surface area contributed by atoms with Gasteiger partial charge in [-0.3, -0.25) is 9.89 Å². The molecule has 110 valence electrons. The van der Waals surface area contributed by atoms with Gasteiger partial charge in [-0.25, -0.2) is 4.98 Å². The number of benzene rings is 1. The minimum Gasteiger partial charge on any atom is -0.335 e. The van der Waals surface area contributed by atoms with Crippen molar-refractivity contribution in [2.75, 3.05) is 13.1 Å². The lowest BCUT2D eigenvalue weighted by molar-refractivity contribution is 0.0742. The zero-order valence-electron chi connectivity index (χ0n) is 11.6. The Hall–Kier alpha value is -1.88. The van der Waals surface area contributed by atoms with Crippen LogP contribution >= 0.6 is 11.6 Å². The molecule has 1 aliphatic rings. The summed E-state index contributed by atoms with van der Waals surface area (Å²) in [5.74, 6) is 0.580. The number of aromatic nitrogens is 3. The van der Waals surface area contributed by atoms with Gasteiger partial charge in [-0.15, -0.1) is 0 Å². The Morgan fingerprint density at radius 1 is 1.29 bits per heavy atom. The van der Waals surface area contributed by atoms with Crippen molar-refractivity contribution in [1.29, 1.82) is 0 Å². The number of amides is 1. The van der Waals surface area contributed by atoms with E-state index in [1.807, 2.05) is 17.0 Å². The molecule has 21 heavy (non-hydrogen) atoms. The van der Waals surface area contributed by atoms with Crippen LogP contribution in [-0.4, -0.2) is 39.1 Å². The standard InChI is InChI=1S/C15H17ClN4O/c16-13-6-4-11(5-7-13)12-3-1-2-8-20(9-12)15(21)14-17-10-18-19-14/h4-7,10,12H,1-3,8-9H2,(H,17,18,19). The van der Waals surface area contributed by atoms with E-state index in [2.05, 4.69) is 27.3 Å². The van der Waals surface area contributed by atoms with Crippen LogP contribution in [0.2, 0.25) is 5.02 Å². The highest BCUT2D eigenvalue weighted by Gasteiger charge is 2.25. The second-order valence-corrected chi connectivity index (χ2v) is 5.77. The Morgan fingerprint density at radius 3 is 2.81 bits per heavy atom. The molecule has 1 aromatic carbocycles. The monoisotopic (exact) mass is 304 g/mol. The molecule has 0 aliphatic carbocycles. The van der Waals surface area contributed by atoms with Crippen LogP contribution < -0.4 is 0 Å². The second kappa shape index (κ2) is 6.26. The van der Waals surface area contributed by atoms with E-state index >= 15 is 0 Å². The van der Waals surface area contributed by atoms with Crippen molar-refractivity contribution in [3.63, 3.8) is 0 Å². The van der Waals surface area contributed by atoms with Crippen molar-refractivity contribution in [1.82, 2.24) is 20.1 Å². The minimum absolute atomic E-state index is 0.0756. The molecule has 0 spiro atoms. The normalized spacial score (nSPS) is 19.3. The first kappa shape index (κ1) is 14.1. The SMILES string of the molecule is O=C(c1ncn[nH]1)N1CCCCC(c2ccc(Cl)cc2)C1. The van der Waals surface area contributed by atoms with Crippen molar-refractivity contribution in [3.8, 4) is 0 Å². The Morgan fingerprint density at radius 2 is 2.10 bits per heavy atom. The van der Waals surface area contributed by atoms with E-state index in [9.17, 15) is 4.79 Å². The Bertz CT molecular complexity index is 597. The second-order valence-electron chi connectivity index (χ2n) is 5.33. The Kier molecular flexibility index (Phi) is 4.20. The van der Waals surface area contributed by atoms with Crippen LogP contribution in [0, 0.1) is 0 Å². The van der Waals surface area contributed by atoms with Gasteiger partial charge in [0.15, 0.2) is 0 Å². The van der Waals surface area contributed by atoms with Crippen molar-refractivity contribution < 1.29 is 4.79 Å². The first-order chi connectivity index (χ1) is 10.2. The molecule has 1 aromatic heterocycles. The van der Waals surface area contributed by atoms with Crippen LogP contribution in [0.25, 0.3) is 0 Å². The average molecular weight is 305 g/mol. The molecule has 1 atom stereocenters. The maximum atomic E-state index is 12.4. The molecule has 1 saturated heterocycles. The highest BCUT2D eigenvalue weighted by Crippen LogP contribution is 2.27. The van der Waals surface area contributed by atoms with Crippen LogP contribution in [0.15, 0.2) is 30.6 Å². The molecule has 0 radical (unpaired) electrons. The van der Waals surface area contributed by atoms with Crippen LogP contribution in [0.5, 0.6) is 0 Å². The molecule has 1 N–H and O–H groups in total. The maximum Gasteiger partial charge on any atom is 0.291 e. The van der Waals surface area contributed by atoms with Crippen molar-refractivity contribution in [2.45, 2.75) is 25.2 Å². The molecule has 1 unspecified atom stereocenters. The molecular weight excluding hydrogens is 288 g/mol. The first-order valence-electron chi connectivity index (χ1n) is 7.14. The van der Waals surface area contributed by atoms with Crippen LogP contribution in [0.1, 0.15) is 41.4 Å². The molecule has 1 aliphatic heterocycles. The van der Waals surface area contributed by atoms with Gasteiger partial charge >= 0.3 is 0 Å². The number of carbonyl (C=O) groups excluding carboxylic acids is 1. The van der Waals surface area contributed by atoms with E-state index in [1.165, 1.54) is 11.9 Å². The lowest BCUT2D eigenvalue weighted by Gasteiger charge is -2.24. The summed E-state index contributed by atoms with van der Waals surface area (Å²) < 4.78 is 0. The molecule has 0 saturated carbocycles. The first-order valence-corrected chi connectivity index (χ1v) is 7.52. The highest BCUT2D eigenvalue weighted by molar-refractivity contribution is 6.30. The topological polar surface area (TPSA) is 61.9 Å². The summed E-state index contributed by atoms with van der Waals surface area (Å²) in [7, 11) is 0. The predicted octanol–water partition coefficient (Wildman–Crippen LogP) is 2.87. The number of rotatable bonds is 2. The van der Waals surface area contributed by atoms with Gasteiger partial charge < -0.3 is 4.90 Å². The summed E-state index contributed by atoms with van der Waals surface area (Å²) >= 11 is 5.95. The number of likely N-dealkylation sites (tertiary alicyclic amines) is 1. The van der Waals surface area contributed by atoms with E-state index in [0.717, 1.165) is 30.8 Å². The summed E-state index contributed by atoms with van der Waals surface area (Å²) in [5.41, 5.74) is 1.23. The fourth-order valence-electron chi connectivity index (χ4n) is 2.79. The van der Waals surface area contributed by atoms with Gasteiger partial charge in [0.1, 0.15) is 6.33 Å². The molecule has 1 amide bonds. The van der Waals surface area contributed by atoms with Gasteiger partial charge in [0.25, 0.3) is 5.91 Å². The van der Waals surface area contributed by atoms with Gasteiger partial charge in [0.05, 0.1) is 0 Å². The molecule has 6 heteroatoms. The Labute approximate surface area is 128 Å². The minimum atomic E-state index is -0.0756. The third kappa shape index (κ3) is 3.24. The number of hydrogen-bond acceptors (Lipinski definition) is 3. The van der Waals surface area contributed by atoms with Crippen molar-refractivity contribution in [3.05, 3.63) is 47.0 Å². The van der Waals surface area contributed by atoms with Gasteiger partial charge in [0, 0.05) is 24.0 Å². The molecule has 2 aromatic rings. The van der Waals surface area contributed by atoms with E-state index < -0.39 is 0 Å². The molecule has 1 fully saturated rings. The third-order valence-corrected chi connectivity index (χ3v) is 4.17. The van der Waals surface area contributed by atoms with E-state index in [4.69, 9.17) is 11.6 Å². The number of halogens is 1. The third-order valence-electron chi connectivity index (χ3n) is 3.92. The van der Waals surface area contributed by atoms with E-state index in [0.29, 0.717) is 18.3 Å². The Balaban J connectivity index is 1.77. The predicted molar refractivity (Wildman–Crippen MR) is 80.3 cm³/mol. The van der Waals surface area contributed by atoms with Crippen molar-refractivity contribution >= 4 is 17.5 Å².